The second-order valence-electron chi connectivity index (χ2n) is 6.68. The molecule has 31 heavy (non-hydrogen) atoms. The molecule has 3 rings (SSSR count). The highest BCUT2D eigenvalue weighted by Gasteiger charge is 2.32. The van der Waals surface area contributed by atoms with E-state index < -0.39 is 0 Å². The number of aromatic nitrogens is 1. The van der Waals surface area contributed by atoms with Gasteiger partial charge < -0.3 is 25.3 Å². The van der Waals surface area contributed by atoms with Crippen molar-refractivity contribution >= 4 is 23.2 Å². The third-order valence-corrected chi connectivity index (χ3v) is 4.77. The standard InChI is InChI=1S/C23H26N4O4/c1-29-17-8-6-16(7-9-17)12-14-26-23(28)27(22-19(24)5-4-13-25-22)20-11-10-18(30-2)15-21(20)31-3/h4-11,13,15H,12,14,24H2,1-3H3,(H,26,28)/p+1. The smallest absolute Gasteiger partial charge is 0.414 e. The number of hydrogen-bond acceptors (Lipinski definition) is 5. The van der Waals surface area contributed by atoms with Gasteiger partial charge >= 0.3 is 11.8 Å². The van der Waals surface area contributed by atoms with Crippen molar-refractivity contribution in [3.05, 3.63) is 66.4 Å². The zero-order valence-electron chi connectivity index (χ0n) is 17.8. The van der Waals surface area contributed by atoms with Gasteiger partial charge in [-0.2, -0.15) is 0 Å². The number of carbonyl (C=O) groups excluding carboxylic acids is 1. The highest BCUT2D eigenvalue weighted by atomic mass is 16.5. The first-order valence-corrected chi connectivity index (χ1v) is 9.76. The number of hydrogen-bond donors (Lipinski definition) is 2. The molecule has 0 saturated heterocycles. The topological polar surface area (TPSA) is 100 Å². The van der Waals surface area contributed by atoms with Crippen molar-refractivity contribution in [3.63, 3.8) is 0 Å². The summed E-state index contributed by atoms with van der Waals surface area (Å²) < 4.78 is 16.0. The molecule has 0 bridgehead atoms. The normalized spacial score (nSPS) is 10.3. The first-order valence-electron chi connectivity index (χ1n) is 9.76. The number of nitrogens with one attached hydrogen (secondary N) is 2. The number of methoxy groups -OCH3 is 3. The van der Waals surface area contributed by atoms with E-state index in [4.69, 9.17) is 19.9 Å². The molecule has 1 heterocycles. The highest BCUT2D eigenvalue weighted by molar-refractivity contribution is 6.01. The maximum atomic E-state index is 13.2. The van der Waals surface area contributed by atoms with Gasteiger partial charge in [0.2, 0.25) is 0 Å². The van der Waals surface area contributed by atoms with Crippen molar-refractivity contribution in [3.8, 4) is 17.2 Å². The average Bonchev–Trinajstić information content (AvgIpc) is 2.81. The molecular weight excluding hydrogens is 396 g/mol. The molecule has 0 unspecified atom stereocenters. The number of amides is 2. The van der Waals surface area contributed by atoms with Crippen LogP contribution in [0.1, 0.15) is 5.56 Å². The quantitative estimate of drug-likeness (QED) is 0.580. The Morgan fingerprint density at radius 3 is 2.35 bits per heavy atom. The lowest BCUT2D eigenvalue weighted by atomic mass is 10.1. The van der Waals surface area contributed by atoms with Crippen LogP contribution >= 0.6 is 0 Å². The predicted molar refractivity (Wildman–Crippen MR) is 119 cm³/mol. The maximum Gasteiger partial charge on any atom is 0.414 e. The SMILES string of the molecule is COc1ccc(CCNC(=O)N(c2ccc(OC)cc2OC)c2[nH+]cccc2N)cc1. The van der Waals surface area contributed by atoms with Crippen LogP contribution in [0.5, 0.6) is 17.2 Å². The Morgan fingerprint density at radius 1 is 1.00 bits per heavy atom. The second-order valence-corrected chi connectivity index (χ2v) is 6.68. The molecule has 0 atom stereocenters. The van der Waals surface area contributed by atoms with Crippen molar-refractivity contribution in [1.82, 2.24) is 5.32 Å². The van der Waals surface area contributed by atoms with Crippen LogP contribution in [0.15, 0.2) is 60.8 Å². The van der Waals surface area contributed by atoms with Gasteiger partial charge in [-0.25, -0.2) is 9.78 Å². The summed E-state index contributed by atoms with van der Waals surface area (Å²) in [6, 6.07) is 16.1. The number of H-pyrrole nitrogens is 1. The fraction of sp³-hybridized carbons (Fsp3) is 0.217. The average molecular weight is 423 g/mol. The first-order chi connectivity index (χ1) is 15.1. The van der Waals surface area contributed by atoms with Crippen LogP contribution in [0.25, 0.3) is 0 Å². The molecule has 0 radical (unpaired) electrons. The number of nitrogen functional groups attached to an aromatic ring is 1. The van der Waals surface area contributed by atoms with Gasteiger partial charge in [0, 0.05) is 12.6 Å². The highest BCUT2D eigenvalue weighted by Crippen LogP contribution is 2.36. The van der Waals surface area contributed by atoms with E-state index in [2.05, 4.69) is 10.3 Å². The number of rotatable bonds is 8. The second kappa shape index (κ2) is 10.2. The summed E-state index contributed by atoms with van der Waals surface area (Å²) in [6.07, 6.45) is 2.37. The van der Waals surface area contributed by atoms with Crippen LogP contribution in [-0.4, -0.2) is 33.9 Å². The molecule has 4 N–H and O–H groups in total. The number of anilines is 3. The van der Waals surface area contributed by atoms with Gasteiger partial charge in [0.05, 0.1) is 27.5 Å². The summed E-state index contributed by atoms with van der Waals surface area (Å²) in [5.41, 5.74) is 8.19. The molecule has 0 spiro atoms. The van der Waals surface area contributed by atoms with Crippen molar-refractivity contribution in [2.45, 2.75) is 6.42 Å². The Morgan fingerprint density at radius 2 is 1.71 bits per heavy atom. The van der Waals surface area contributed by atoms with Gasteiger partial charge in [-0.3, -0.25) is 0 Å². The van der Waals surface area contributed by atoms with E-state index in [0.29, 0.717) is 41.7 Å². The van der Waals surface area contributed by atoms with Gasteiger partial charge in [-0.1, -0.05) is 12.1 Å². The molecule has 0 saturated carbocycles. The van der Waals surface area contributed by atoms with E-state index in [1.54, 1.807) is 50.7 Å². The minimum atomic E-state index is -0.342. The summed E-state index contributed by atoms with van der Waals surface area (Å²) in [4.78, 5) is 17.8. The number of aromatic amines is 1. The molecule has 2 amide bonds. The van der Waals surface area contributed by atoms with Crippen LogP contribution in [-0.2, 0) is 6.42 Å². The zero-order valence-corrected chi connectivity index (χ0v) is 17.8. The van der Waals surface area contributed by atoms with E-state index in [1.165, 1.54) is 12.0 Å². The Bertz CT molecular complexity index is 1020. The Kier molecular flexibility index (Phi) is 7.16. The summed E-state index contributed by atoms with van der Waals surface area (Å²) in [5.74, 6) is 2.32. The summed E-state index contributed by atoms with van der Waals surface area (Å²) in [6.45, 7) is 0.437. The Hall–Kier alpha value is -3.94. The Labute approximate surface area is 181 Å². The molecule has 8 heteroatoms. The first kappa shape index (κ1) is 21.8. The van der Waals surface area contributed by atoms with Crippen molar-refractivity contribution < 1.29 is 24.0 Å². The van der Waals surface area contributed by atoms with Gasteiger partial charge in [0.15, 0.2) is 11.4 Å². The molecule has 8 nitrogen and oxygen atoms in total. The number of benzene rings is 2. The molecule has 0 fully saturated rings. The van der Waals surface area contributed by atoms with E-state index in [1.807, 2.05) is 24.3 Å². The Balaban J connectivity index is 1.84. The third kappa shape index (κ3) is 5.16. The van der Waals surface area contributed by atoms with Gasteiger partial charge in [-0.15, -0.1) is 4.90 Å². The van der Waals surface area contributed by atoms with Crippen LogP contribution in [0.3, 0.4) is 0 Å². The largest absolute Gasteiger partial charge is 0.497 e. The molecule has 1 aromatic heterocycles. The molecule has 162 valence electrons. The van der Waals surface area contributed by atoms with Crippen molar-refractivity contribution in [1.29, 1.82) is 0 Å². The zero-order chi connectivity index (χ0) is 22.2. The van der Waals surface area contributed by atoms with E-state index in [0.717, 1.165) is 11.3 Å². The summed E-state index contributed by atoms with van der Waals surface area (Å²) in [7, 11) is 4.74. The van der Waals surface area contributed by atoms with Crippen LogP contribution < -0.4 is 35.1 Å². The number of urea groups is 1. The van der Waals surface area contributed by atoms with E-state index in [-0.39, 0.29) is 6.03 Å². The minimum absolute atomic E-state index is 0.342. The number of ether oxygens (including phenoxy) is 3. The summed E-state index contributed by atoms with van der Waals surface area (Å²) >= 11 is 0. The molecule has 0 aliphatic carbocycles. The van der Waals surface area contributed by atoms with Gasteiger partial charge in [0.25, 0.3) is 0 Å². The number of carbonyl (C=O) groups is 1. The van der Waals surface area contributed by atoms with Gasteiger partial charge in [0.1, 0.15) is 17.2 Å². The van der Waals surface area contributed by atoms with E-state index in [9.17, 15) is 4.79 Å². The summed E-state index contributed by atoms with van der Waals surface area (Å²) in [5, 5.41) is 2.96. The maximum absolute atomic E-state index is 13.2. The fourth-order valence-electron chi connectivity index (χ4n) is 3.12. The lowest BCUT2D eigenvalue weighted by Gasteiger charge is -2.18. The lowest BCUT2D eigenvalue weighted by Crippen LogP contribution is -2.41. The van der Waals surface area contributed by atoms with Crippen molar-refractivity contribution in [2.75, 3.05) is 38.5 Å². The van der Waals surface area contributed by atoms with Crippen LogP contribution in [0.2, 0.25) is 0 Å². The van der Waals surface area contributed by atoms with Crippen molar-refractivity contribution in [2.24, 2.45) is 0 Å². The number of pyridine rings is 1. The minimum Gasteiger partial charge on any atom is -0.497 e. The monoisotopic (exact) mass is 423 g/mol. The van der Waals surface area contributed by atoms with E-state index >= 15 is 0 Å². The lowest BCUT2D eigenvalue weighted by molar-refractivity contribution is -0.361. The molecule has 0 aliphatic heterocycles. The predicted octanol–water partition coefficient (Wildman–Crippen LogP) is 3.20. The molecule has 2 aromatic carbocycles. The third-order valence-electron chi connectivity index (χ3n) is 4.77. The van der Waals surface area contributed by atoms with Crippen LogP contribution in [0, 0.1) is 0 Å². The molecule has 3 aromatic rings. The van der Waals surface area contributed by atoms with Gasteiger partial charge in [-0.05, 0) is 48.4 Å². The molecule has 0 aliphatic rings. The number of nitrogens with zero attached hydrogens (tertiary/aromatic N) is 1. The number of nitrogens with two attached hydrogens (primary N) is 1. The van der Waals surface area contributed by atoms with Crippen LogP contribution in [0.4, 0.5) is 22.0 Å². The fourth-order valence-corrected chi connectivity index (χ4v) is 3.12. The molecular formula is C23H27N4O4+.